The number of nitrogens with zero attached hydrogens (tertiary/aromatic N) is 4. The number of fused-ring (bicyclic) bond motifs is 2. The number of aryl methyl sites for hydroxylation is 1. The van der Waals surface area contributed by atoms with E-state index < -0.39 is 0 Å². The fourth-order valence-electron chi connectivity index (χ4n) is 5.18. The molecule has 5 nitrogen and oxygen atoms in total. The summed E-state index contributed by atoms with van der Waals surface area (Å²) in [4.78, 5) is 14.6. The molecule has 1 aromatic rings. The molecule has 4 rings (SSSR count). The van der Waals surface area contributed by atoms with Crippen molar-refractivity contribution in [3.05, 3.63) is 29.6 Å². The van der Waals surface area contributed by atoms with Crippen molar-refractivity contribution in [3.63, 3.8) is 0 Å². The highest BCUT2D eigenvalue weighted by molar-refractivity contribution is 14.0. The van der Waals surface area contributed by atoms with Crippen molar-refractivity contribution in [2.45, 2.75) is 52.1 Å². The molecule has 3 aliphatic rings. The average Bonchev–Trinajstić information content (AvgIpc) is 3.30. The van der Waals surface area contributed by atoms with E-state index in [0.29, 0.717) is 6.54 Å². The molecule has 2 bridgehead atoms. The molecule has 1 aliphatic heterocycles. The van der Waals surface area contributed by atoms with Gasteiger partial charge in [-0.25, -0.2) is 4.99 Å². The zero-order valence-electron chi connectivity index (χ0n) is 16.7. The van der Waals surface area contributed by atoms with Crippen molar-refractivity contribution in [3.8, 4) is 0 Å². The molecule has 1 saturated heterocycles. The van der Waals surface area contributed by atoms with E-state index in [1.54, 1.807) is 0 Å². The van der Waals surface area contributed by atoms with Gasteiger partial charge >= 0.3 is 0 Å². The molecule has 0 spiro atoms. The molecule has 1 aromatic heterocycles. The number of pyridine rings is 1. The van der Waals surface area contributed by atoms with E-state index in [2.05, 4.69) is 40.0 Å². The van der Waals surface area contributed by atoms with E-state index in [1.807, 2.05) is 12.3 Å². The number of guanidine groups is 1. The van der Waals surface area contributed by atoms with Crippen molar-refractivity contribution in [2.75, 3.05) is 32.7 Å². The highest BCUT2D eigenvalue weighted by atomic mass is 127. The van der Waals surface area contributed by atoms with Crippen LogP contribution in [0.3, 0.4) is 0 Å². The van der Waals surface area contributed by atoms with Crippen molar-refractivity contribution in [2.24, 2.45) is 16.8 Å². The normalized spacial score (nSPS) is 28.3. The highest BCUT2D eigenvalue weighted by Crippen LogP contribution is 2.46. The van der Waals surface area contributed by atoms with Crippen LogP contribution < -0.4 is 5.32 Å². The quantitative estimate of drug-likeness (QED) is 0.406. The van der Waals surface area contributed by atoms with Gasteiger partial charge in [-0.1, -0.05) is 12.5 Å². The van der Waals surface area contributed by atoms with Gasteiger partial charge in [-0.2, -0.15) is 0 Å². The highest BCUT2D eigenvalue weighted by Gasteiger charge is 2.42. The number of hydrogen-bond donors (Lipinski definition) is 1. The summed E-state index contributed by atoms with van der Waals surface area (Å²) >= 11 is 0. The van der Waals surface area contributed by atoms with Gasteiger partial charge in [0.05, 0.1) is 12.2 Å². The lowest BCUT2D eigenvalue weighted by atomic mass is 9.93. The zero-order chi connectivity index (χ0) is 17.9. The SMILES string of the molecule is CCNC(=NCc1ncccc1C)N1CCN(C2CC3CCC2C3)CC1.I. The summed E-state index contributed by atoms with van der Waals surface area (Å²) in [6.45, 7) is 10.4. The number of aromatic nitrogens is 1. The number of piperazine rings is 1. The van der Waals surface area contributed by atoms with Gasteiger partial charge in [-0.05, 0) is 56.6 Å². The average molecular weight is 483 g/mol. The standard InChI is InChI=1S/C21H33N5.HI/c1-3-22-21(24-15-19-16(2)5-4-8-23-19)26-11-9-25(10-12-26)20-14-17-6-7-18(20)13-17;/h4-5,8,17-18,20H,3,6-7,9-15H2,1-2H3,(H,22,24);1H. The molecule has 27 heavy (non-hydrogen) atoms. The molecule has 3 unspecified atom stereocenters. The Balaban J connectivity index is 0.00000210. The van der Waals surface area contributed by atoms with Crippen LogP contribution in [-0.2, 0) is 6.54 Å². The summed E-state index contributed by atoms with van der Waals surface area (Å²) in [5.74, 6) is 3.06. The van der Waals surface area contributed by atoms with E-state index in [9.17, 15) is 0 Å². The summed E-state index contributed by atoms with van der Waals surface area (Å²) in [7, 11) is 0. The zero-order valence-corrected chi connectivity index (χ0v) is 19.1. The summed E-state index contributed by atoms with van der Waals surface area (Å²) in [5.41, 5.74) is 2.29. The van der Waals surface area contributed by atoms with Crippen LogP contribution in [0.25, 0.3) is 0 Å². The lowest BCUT2D eigenvalue weighted by Crippen LogP contribution is -2.55. The number of hydrogen-bond acceptors (Lipinski definition) is 3. The van der Waals surface area contributed by atoms with Crippen LogP contribution >= 0.6 is 24.0 Å². The fraction of sp³-hybridized carbons (Fsp3) is 0.714. The Labute approximate surface area is 181 Å². The molecule has 0 amide bonds. The van der Waals surface area contributed by atoms with Crippen molar-refractivity contribution >= 4 is 29.9 Å². The molecule has 1 N–H and O–H groups in total. The molecule has 2 aliphatic carbocycles. The largest absolute Gasteiger partial charge is 0.357 e. The molecule has 150 valence electrons. The maximum absolute atomic E-state index is 4.88. The molecule has 0 aromatic carbocycles. The van der Waals surface area contributed by atoms with E-state index in [1.165, 1.54) is 44.3 Å². The van der Waals surface area contributed by atoms with E-state index in [4.69, 9.17) is 4.99 Å². The smallest absolute Gasteiger partial charge is 0.194 e. The van der Waals surface area contributed by atoms with Crippen LogP contribution in [0.4, 0.5) is 0 Å². The second-order valence-corrected chi connectivity index (χ2v) is 8.20. The molecule has 2 saturated carbocycles. The molecule has 2 heterocycles. The first kappa shape index (κ1) is 20.8. The minimum atomic E-state index is 0. The Morgan fingerprint density at radius 1 is 1.22 bits per heavy atom. The summed E-state index contributed by atoms with van der Waals surface area (Å²) in [6.07, 6.45) is 7.78. The number of halogens is 1. The number of rotatable bonds is 4. The Bertz CT molecular complexity index is 641. The monoisotopic (exact) mass is 483 g/mol. The Kier molecular flexibility index (Phi) is 7.36. The van der Waals surface area contributed by atoms with Gasteiger partial charge < -0.3 is 10.2 Å². The molecule has 0 radical (unpaired) electrons. The van der Waals surface area contributed by atoms with Crippen molar-refractivity contribution in [1.82, 2.24) is 20.1 Å². The fourth-order valence-corrected chi connectivity index (χ4v) is 5.18. The van der Waals surface area contributed by atoms with Crippen LogP contribution in [0, 0.1) is 18.8 Å². The van der Waals surface area contributed by atoms with Gasteiger partial charge in [-0.3, -0.25) is 9.88 Å². The lowest BCUT2D eigenvalue weighted by molar-refractivity contribution is 0.0958. The predicted octanol–water partition coefficient (Wildman–Crippen LogP) is 3.28. The van der Waals surface area contributed by atoms with E-state index >= 15 is 0 Å². The van der Waals surface area contributed by atoms with Crippen LogP contribution in [0.1, 0.15) is 43.9 Å². The van der Waals surface area contributed by atoms with Crippen LogP contribution in [0.5, 0.6) is 0 Å². The molecular weight excluding hydrogens is 449 g/mol. The molecule has 3 atom stereocenters. The predicted molar refractivity (Wildman–Crippen MR) is 122 cm³/mol. The second-order valence-electron chi connectivity index (χ2n) is 8.20. The summed E-state index contributed by atoms with van der Waals surface area (Å²) in [6, 6.07) is 4.97. The summed E-state index contributed by atoms with van der Waals surface area (Å²) < 4.78 is 0. The molecule has 3 fully saturated rings. The second kappa shape index (κ2) is 9.54. The first-order valence-corrected chi connectivity index (χ1v) is 10.4. The molecule has 6 heteroatoms. The Morgan fingerprint density at radius 2 is 2.04 bits per heavy atom. The van der Waals surface area contributed by atoms with Crippen molar-refractivity contribution < 1.29 is 0 Å². The Morgan fingerprint density at radius 3 is 2.67 bits per heavy atom. The van der Waals surface area contributed by atoms with Gasteiger partial charge in [0.25, 0.3) is 0 Å². The topological polar surface area (TPSA) is 43.8 Å². The maximum atomic E-state index is 4.88. The lowest BCUT2D eigenvalue weighted by Gasteiger charge is -2.42. The molecular formula is C21H34IN5. The van der Waals surface area contributed by atoms with Gasteiger partial charge in [0.2, 0.25) is 0 Å². The third-order valence-electron chi connectivity index (χ3n) is 6.61. The van der Waals surface area contributed by atoms with E-state index in [-0.39, 0.29) is 24.0 Å². The first-order valence-electron chi connectivity index (χ1n) is 10.4. The van der Waals surface area contributed by atoms with Crippen LogP contribution in [-0.4, -0.2) is 59.5 Å². The minimum absolute atomic E-state index is 0. The first-order chi connectivity index (χ1) is 12.7. The number of nitrogens with one attached hydrogen (secondary N) is 1. The van der Waals surface area contributed by atoms with Gasteiger partial charge in [0.1, 0.15) is 0 Å². The van der Waals surface area contributed by atoms with E-state index in [0.717, 1.165) is 49.2 Å². The van der Waals surface area contributed by atoms with Crippen molar-refractivity contribution in [1.29, 1.82) is 0 Å². The summed E-state index contributed by atoms with van der Waals surface area (Å²) in [5, 5.41) is 3.48. The number of aliphatic imine (C=N–C) groups is 1. The third-order valence-corrected chi connectivity index (χ3v) is 6.61. The minimum Gasteiger partial charge on any atom is -0.357 e. The maximum Gasteiger partial charge on any atom is 0.194 e. The van der Waals surface area contributed by atoms with Gasteiger partial charge in [0.15, 0.2) is 5.96 Å². The van der Waals surface area contributed by atoms with Crippen LogP contribution in [0.15, 0.2) is 23.3 Å². The van der Waals surface area contributed by atoms with Gasteiger partial charge in [0, 0.05) is 45.0 Å². The van der Waals surface area contributed by atoms with Gasteiger partial charge in [-0.15, -0.1) is 24.0 Å². The Hall–Kier alpha value is -0.890. The third kappa shape index (κ3) is 4.75. The van der Waals surface area contributed by atoms with Crippen LogP contribution in [0.2, 0.25) is 0 Å².